The van der Waals surface area contributed by atoms with Gasteiger partial charge in [0, 0.05) is 25.0 Å². The van der Waals surface area contributed by atoms with Crippen LogP contribution in [0.25, 0.3) is 10.9 Å². The van der Waals surface area contributed by atoms with E-state index in [1.807, 2.05) is 12.1 Å². The van der Waals surface area contributed by atoms with Gasteiger partial charge in [0.05, 0.1) is 25.3 Å². The van der Waals surface area contributed by atoms with E-state index in [-0.39, 0.29) is 0 Å². The van der Waals surface area contributed by atoms with Crippen LogP contribution in [-0.2, 0) is 11.3 Å². The predicted octanol–water partition coefficient (Wildman–Crippen LogP) is 2.22. The Morgan fingerprint density at radius 3 is 2.72 bits per heavy atom. The van der Waals surface area contributed by atoms with Crippen molar-refractivity contribution in [2.75, 3.05) is 58.8 Å². The number of nitrogens with zero attached hydrogens (tertiary/aromatic N) is 4. The van der Waals surface area contributed by atoms with Gasteiger partial charge in [-0.05, 0) is 45.6 Å². The first-order chi connectivity index (χ1) is 12.2. The molecule has 0 atom stereocenters. The van der Waals surface area contributed by atoms with Gasteiger partial charge in [-0.2, -0.15) is 0 Å². The highest BCUT2D eigenvalue weighted by Crippen LogP contribution is 2.21. The molecule has 1 saturated heterocycles. The molecular formula is C19H29N5O. The number of anilines is 1. The summed E-state index contributed by atoms with van der Waals surface area (Å²) in [4.78, 5) is 14.1. The highest BCUT2D eigenvalue weighted by Gasteiger charge is 2.14. The number of morpholine rings is 1. The molecule has 136 valence electrons. The van der Waals surface area contributed by atoms with Crippen molar-refractivity contribution in [2.24, 2.45) is 0 Å². The molecule has 1 aromatic carbocycles. The summed E-state index contributed by atoms with van der Waals surface area (Å²) in [6.45, 7) is 6.33. The third-order valence-electron chi connectivity index (χ3n) is 4.44. The number of hydrogen-bond acceptors (Lipinski definition) is 6. The van der Waals surface area contributed by atoms with Gasteiger partial charge in [-0.15, -0.1) is 0 Å². The molecule has 2 aromatic rings. The highest BCUT2D eigenvalue weighted by atomic mass is 16.5. The molecule has 6 nitrogen and oxygen atoms in total. The van der Waals surface area contributed by atoms with Crippen LogP contribution in [0.5, 0.6) is 0 Å². The first-order valence-electron chi connectivity index (χ1n) is 9.17. The zero-order valence-corrected chi connectivity index (χ0v) is 15.4. The van der Waals surface area contributed by atoms with E-state index < -0.39 is 0 Å². The second kappa shape index (κ2) is 9.08. The molecule has 0 unspecified atom stereocenters. The van der Waals surface area contributed by atoms with Crippen LogP contribution in [0.1, 0.15) is 18.7 Å². The Morgan fingerprint density at radius 1 is 1.12 bits per heavy atom. The lowest BCUT2D eigenvalue weighted by Gasteiger charge is -2.26. The van der Waals surface area contributed by atoms with Crippen LogP contribution >= 0.6 is 0 Å². The fourth-order valence-electron chi connectivity index (χ4n) is 3.05. The highest BCUT2D eigenvalue weighted by molar-refractivity contribution is 5.88. The van der Waals surface area contributed by atoms with E-state index in [1.54, 1.807) is 0 Å². The number of ether oxygens (including phenoxy) is 1. The van der Waals surface area contributed by atoms with Crippen LogP contribution in [0.2, 0.25) is 0 Å². The number of fused-ring (bicyclic) bond motifs is 1. The molecule has 6 heteroatoms. The van der Waals surface area contributed by atoms with Crippen molar-refractivity contribution in [3.63, 3.8) is 0 Å². The molecule has 25 heavy (non-hydrogen) atoms. The first-order valence-corrected chi connectivity index (χ1v) is 9.17. The number of aromatic nitrogens is 2. The fraction of sp³-hybridized carbons (Fsp3) is 0.579. The minimum Gasteiger partial charge on any atom is -0.379 e. The van der Waals surface area contributed by atoms with Crippen LogP contribution in [0.15, 0.2) is 24.3 Å². The van der Waals surface area contributed by atoms with E-state index in [0.717, 1.165) is 74.9 Å². The monoisotopic (exact) mass is 343 g/mol. The quantitative estimate of drug-likeness (QED) is 0.742. The summed E-state index contributed by atoms with van der Waals surface area (Å²) in [7, 11) is 4.23. The van der Waals surface area contributed by atoms with E-state index >= 15 is 0 Å². The van der Waals surface area contributed by atoms with Crippen LogP contribution in [0, 0.1) is 0 Å². The molecule has 0 saturated carbocycles. The Morgan fingerprint density at radius 2 is 1.92 bits per heavy atom. The third-order valence-corrected chi connectivity index (χ3v) is 4.44. The van der Waals surface area contributed by atoms with Gasteiger partial charge < -0.3 is 15.0 Å². The topological polar surface area (TPSA) is 53.5 Å². The Kier molecular flexibility index (Phi) is 6.55. The molecule has 1 N–H and O–H groups in total. The molecule has 2 heterocycles. The molecule has 0 bridgehead atoms. The molecule has 3 rings (SSSR count). The summed E-state index contributed by atoms with van der Waals surface area (Å²) < 4.78 is 5.43. The first kappa shape index (κ1) is 18.0. The zero-order valence-electron chi connectivity index (χ0n) is 15.4. The van der Waals surface area contributed by atoms with Crippen LogP contribution in [0.4, 0.5) is 5.82 Å². The van der Waals surface area contributed by atoms with Crippen LogP contribution in [-0.4, -0.2) is 73.3 Å². The van der Waals surface area contributed by atoms with E-state index in [4.69, 9.17) is 14.7 Å². The van der Waals surface area contributed by atoms with Crippen molar-refractivity contribution in [2.45, 2.75) is 19.4 Å². The van der Waals surface area contributed by atoms with Gasteiger partial charge in [-0.3, -0.25) is 4.90 Å². The minimum absolute atomic E-state index is 0.781. The summed E-state index contributed by atoms with van der Waals surface area (Å²) in [5.74, 6) is 1.84. The van der Waals surface area contributed by atoms with Crippen molar-refractivity contribution in [1.82, 2.24) is 19.8 Å². The van der Waals surface area contributed by atoms with Crippen LogP contribution < -0.4 is 5.32 Å². The maximum absolute atomic E-state index is 5.43. The second-order valence-corrected chi connectivity index (χ2v) is 6.83. The lowest BCUT2D eigenvalue weighted by molar-refractivity contribution is 0.0331. The summed E-state index contributed by atoms with van der Waals surface area (Å²) in [6, 6.07) is 8.24. The summed E-state index contributed by atoms with van der Waals surface area (Å²) in [5, 5.41) is 4.62. The minimum atomic E-state index is 0.781. The zero-order chi connectivity index (χ0) is 17.5. The van der Waals surface area contributed by atoms with E-state index in [0.29, 0.717) is 0 Å². The molecule has 1 aliphatic rings. The molecule has 0 amide bonds. The van der Waals surface area contributed by atoms with E-state index in [1.165, 1.54) is 6.42 Å². The average molecular weight is 343 g/mol. The third kappa shape index (κ3) is 5.36. The largest absolute Gasteiger partial charge is 0.379 e. The number of nitrogens with one attached hydrogen (secondary N) is 1. The van der Waals surface area contributed by atoms with E-state index in [2.05, 4.69) is 41.3 Å². The van der Waals surface area contributed by atoms with Gasteiger partial charge in [0.1, 0.15) is 11.6 Å². The lowest BCUT2D eigenvalue weighted by atomic mass is 10.2. The Hall–Kier alpha value is -1.76. The summed E-state index contributed by atoms with van der Waals surface area (Å²) in [5.41, 5.74) is 1.01. The summed E-state index contributed by atoms with van der Waals surface area (Å²) >= 11 is 0. The molecule has 0 spiro atoms. The molecule has 1 aromatic heterocycles. The number of rotatable bonds is 8. The second-order valence-electron chi connectivity index (χ2n) is 6.83. The predicted molar refractivity (Wildman–Crippen MR) is 102 cm³/mol. The number of benzene rings is 1. The number of hydrogen-bond donors (Lipinski definition) is 1. The average Bonchev–Trinajstić information content (AvgIpc) is 2.62. The van der Waals surface area contributed by atoms with Gasteiger partial charge in [0.2, 0.25) is 0 Å². The molecule has 1 fully saturated rings. The van der Waals surface area contributed by atoms with Crippen LogP contribution in [0.3, 0.4) is 0 Å². The van der Waals surface area contributed by atoms with Gasteiger partial charge in [-0.25, -0.2) is 9.97 Å². The maximum Gasteiger partial charge on any atom is 0.145 e. The van der Waals surface area contributed by atoms with Crippen molar-refractivity contribution in [3.05, 3.63) is 30.1 Å². The van der Waals surface area contributed by atoms with Gasteiger partial charge in [0.25, 0.3) is 0 Å². The number of para-hydroxylation sites is 1. The molecular weight excluding hydrogens is 314 g/mol. The Balaban J connectivity index is 1.68. The SMILES string of the molecule is CN(C)CCCCNc1nc(CN2CCOCC2)nc2ccccc12. The van der Waals surface area contributed by atoms with Gasteiger partial charge in [-0.1, -0.05) is 12.1 Å². The van der Waals surface area contributed by atoms with Gasteiger partial charge in [0.15, 0.2) is 0 Å². The van der Waals surface area contributed by atoms with Crippen molar-refractivity contribution >= 4 is 16.7 Å². The van der Waals surface area contributed by atoms with E-state index in [9.17, 15) is 0 Å². The van der Waals surface area contributed by atoms with Crippen molar-refractivity contribution in [1.29, 1.82) is 0 Å². The maximum atomic E-state index is 5.43. The molecule has 0 aliphatic carbocycles. The normalized spacial score (nSPS) is 15.8. The molecule has 0 radical (unpaired) electrons. The standard InChI is InChI=1S/C19H29N5O/c1-23(2)10-6-5-9-20-19-16-7-3-4-8-17(16)21-18(22-19)15-24-11-13-25-14-12-24/h3-4,7-8H,5-6,9-15H2,1-2H3,(H,20,21,22). The lowest BCUT2D eigenvalue weighted by Crippen LogP contribution is -2.36. The Bertz CT molecular complexity index is 670. The van der Waals surface area contributed by atoms with Gasteiger partial charge >= 0.3 is 0 Å². The Labute approximate surface area is 150 Å². The fourth-order valence-corrected chi connectivity index (χ4v) is 3.05. The summed E-state index contributed by atoms with van der Waals surface area (Å²) in [6.07, 6.45) is 2.32. The smallest absolute Gasteiger partial charge is 0.145 e. The molecule has 1 aliphatic heterocycles. The van der Waals surface area contributed by atoms with Crippen molar-refractivity contribution in [3.8, 4) is 0 Å². The number of unbranched alkanes of at least 4 members (excludes halogenated alkanes) is 1. The van der Waals surface area contributed by atoms with Crippen molar-refractivity contribution < 1.29 is 4.74 Å².